The number of ether oxygens (including phenoxy) is 1. The van der Waals surface area contributed by atoms with Crippen LogP contribution in [-0.2, 0) is 27.2 Å². The summed E-state index contributed by atoms with van der Waals surface area (Å²) in [6.07, 6.45) is 8.26. The number of rotatable bonds is 5. The van der Waals surface area contributed by atoms with Crippen molar-refractivity contribution in [2.75, 3.05) is 11.9 Å². The summed E-state index contributed by atoms with van der Waals surface area (Å²) >= 11 is 1.44. The fourth-order valence-electron chi connectivity index (χ4n) is 5.14. The fraction of sp³-hybridized carbons (Fsp3) is 0.591. The van der Waals surface area contributed by atoms with Crippen molar-refractivity contribution in [2.24, 2.45) is 29.6 Å². The average molecular weight is 418 g/mol. The fourth-order valence-corrected chi connectivity index (χ4v) is 6.54. The lowest BCUT2D eigenvalue weighted by Crippen LogP contribution is -2.47. The van der Waals surface area contributed by atoms with Crippen molar-refractivity contribution in [1.82, 2.24) is 0 Å². The van der Waals surface area contributed by atoms with Gasteiger partial charge in [-0.05, 0) is 62.3 Å². The van der Waals surface area contributed by atoms with E-state index in [0.29, 0.717) is 16.5 Å². The van der Waals surface area contributed by atoms with Crippen LogP contribution >= 0.6 is 11.3 Å². The first-order chi connectivity index (χ1) is 13.9. The quantitative estimate of drug-likeness (QED) is 0.560. The normalized spacial score (nSPS) is 29.9. The molecule has 0 radical (unpaired) electrons. The molecule has 0 spiro atoms. The first-order valence-corrected chi connectivity index (χ1v) is 11.3. The van der Waals surface area contributed by atoms with Crippen LogP contribution in [0.15, 0.2) is 12.2 Å². The molecule has 1 fully saturated rings. The number of carboxylic acid groups (broad SMARTS) is 1. The topological polar surface area (TPSA) is 92.7 Å². The molecular weight excluding hydrogens is 390 g/mol. The molecule has 1 amide bonds. The Labute approximate surface area is 174 Å². The second-order valence-electron chi connectivity index (χ2n) is 8.45. The molecule has 29 heavy (non-hydrogen) atoms. The molecule has 5 unspecified atom stereocenters. The Bertz CT molecular complexity index is 873. The van der Waals surface area contributed by atoms with Crippen molar-refractivity contribution in [1.29, 1.82) is 0 Å². The molecule has 5 rings (SSSR count). The van der Waals surface area contributed by atoms with Crippen molar-refractivity contribution < 1.29 is 24.2 Å². The molecule has 4 aliphatic rings. The zero-order valence-electron chi connectivity index (χ0n) is 16.8. The third kappa shape index (κ3) is 3.61. The van der Waals surface area contributed by atoms with Gasteiger partial charge >= 0.3 is 11.9 Å². The van der Waals surface area contributed by atoms with Crippen molar-refractivity contribution >= 4 is 34.2 Å². The summed E-state index contributed by atoms with van der Waals surface area (Å²) < 4.78 is 5.27. The zero-order valence-corrected chi connectivity index (χ0v) is 17.6. The number of aliphatic carboxylic acids is 1. The van der Waals surface area contributed by atoms with E-state index in [2.05, 4.69) is 12.2 Å². The molecule has 2 bridgehead atoms. The van der Waals surface area contributed by atoms with Gasteiger partial charge in [0, 0.05) is 4.88 Å². The summed E-state index contributed by atoms with van der Waals surface area (Å²) in [6.45, 7) is 4.22. The number of fused-ring (bicyclic) bond motifs is 3. The minimum atomic E-state index is -0.922. The molecule has 1 aromatic rings. The third-order valence-corrected chi connectivity index (χ3v) is 7.73. The van der Waals surface area contributed by atoms with Crippen molar-refractivity contribution in [3.8, 4) is 0 Å². The molecule has 7 heteroatoms. The van der Waals surface area contributed by atoms with E-state index >= 15 is 0 Å². The van der Waals surface area contributed by atoms with Gasteiger partial charge in [-0.2, -0.15) is 0 Å². The maximum Gasteiger partial charge on any atom is 0.341 e. The third-order valence-electron chi connectivity index (χ3n) is 6.56. The summed E-state index contributed by atoms with van der Waals surface area (Å²) in [5.41, 5.74) is 1.46. The van der Waals surface area contributed by atoms with Gasteiger partial charge in [-0.3, -0.25) is 9.59 Å². The van der Waals surface area contributed by atoms with Crippen LogP contribution in [0.2, 0.25) is 0 Å². The Morgan fingerprint density at radius 1 is 1.17 bits per heavy atom. The number of hydrogen-bond acceptors (Lipinski definition) is 5. The monoisotopic (exact) mass is 417 g/mol. The van der Waals surface area contributed by atoms with E-state index in [1.54, 1.807) is 6.92 Å². The highest BCUT2D eigenvalue weighted by molar-refractivity contribution is 7.17. The van der Waals surface area contributed by atoms with E-state index < -0.39 is 23.8 Å². The number of anilines is 1. The molecule has 156 valence electrons. The van der Waals surface area contributed by atoms with Gasteiger partial charge in [0.25, 0.3) is 0 Å². The highest BCUT2D eigenvalue weighted by Gasteiger charge is 2.48. The smallest absolute Gasteiger partial charge is 0.341 e. The van der Waals surface area contributed by atoms with Gasteiger partial charge in [0.15, 0.2) is 0 Å². The molecule has 0 saturated heterocycles. The summed E-state index contributed by atoms with van der Waals surface area (Å²) in [6, 6.07) is 0. The first kappa shape index (κ1) is 20.1. The van der Waals surface area contributed by atoms with Crippen molar-refractivity contribution in [3.63, 3.8) is 0 Å². The lowest BCUT2D eigenvalue weighted by Gasteiger charge is -2.41. The van der Waals surface area contributed by atoms with E-state index in [9.17, 15) is 19.5 Å². The average Bonchev–Trinajstić information content (AvgIpc) is 3.04. The summed E-state index contributed by atoms with van der Waals surface area (Å²) in [4.78, 5) is 38.9. The predicted octanol–water partition coefficient (Wildman–Crippen LogP) is 3.90. The van der Waals surface area contributed by atoms with Crippen molar-refractivity contribution in [2.45, 2.75) is 46.0 Å². The van der Waals surface area contributed by atoms with Gasteiger partial charge < -0.3 is 15.2 Å². The Morgan fingerprint density at radius 3 is 2.48 bits per heavy atom. The SMILES string of the molecule is CCOC(=O)c1c(NC(=O)C2C3C=CC(CC3)C2C(=O)O)sc2c1CCC(C)C2. The zero-order chi connectivity index (χ0) is 20.7. The Hall–Kier alpha value is -2.15. The maximum atomic E-state index is 13.2. The second-order valence-corrected chi connectivity index (χ2v) is 9.55. The van der Waals surface area contributed by atoms with Gasteiger partial charge in [-0.25, -0.2) is 4.79 Å². The number of carboxylic acids is 1. The van der Waals surface area contributed by atoms with E-state index in [4.69, 9.17) is 4.74 Å². The van der Waals surface area contributed by atoms with Crippen molar-refractivity contribution in [3.05, 3.63) is 28.2 Å². The van der Waals surface area contributed by atoms with Gasteiger partial charge in [0.1, 0.15) is 5.00 Å². The van der Waals surface area contributed by atoms with Crippen LogP contribution in [0, 0.1) is 29.6 Å². The summed E-state index contributed by atoms with van der Waals surface area (Å²) in [7, 11) is 0. The van der Waals surface area contributed by atoms with E-state index in [-0.39, 0.29) is 24.3 Å². The summed E-state index contributed by atoms with van der Waals surface area (Å²) in [5, 5.41) is 13.2. The molecule has 1 heterocycles. The van der Waals surface area contributed by atoms with Gasteiger partial charge in [-0.1, -0.05) is 19.1 Å². The second kappa shape index (κ2) is 7.94. The number of thiophene rings is 1. The standard InChI is InChI=1S/C22H27NO5S/c1-3-28-22(27)18-14-9-4-11(2)10-15(14)29-20(18)23-19(24)16-12-5-7-13(8-6-12)17(16)21(25)26/h5,7,11-13,16-17H,3-4,6,8-10H2,1-2H3,(H,23,24)(H,25,26). The highest BCUT2D eigenvalue weighted by Crippen LogP contribution is 2.46. The molecule has 0 aromatic carbocycles. The maximum absolute atomic E-state index is 13.2. The Morgan fingerprint density at radius 2 is 1.86 bits per heavy atom. The van der Waals surface area contributed by atoms with E-state index in [1.165, 1.54) is 11.3 Å². The number of amides is 1. The predicted molar refractivity (Wildman–Crippen MR) is 110 cm³/mol. The van der Waals surface area contributed by atoms with Crippen LogP contribution in [0.25, 0.3) is 0 Å². The number of carbonyl (C=O) groups is 3. The largest absolute Gasteiger partial charge is 0.481 e. The lowest BCUT2D eigenvalue weighted by molar-refractivity contribution is -0.151. The molecule has 1 aromatic heterocycles. The molecule has 1 saturated carbocycles. The molecule has 6 nitrogen and oxygen atoms in total. The molecule has 2 N–H and O–H groups in total. The van der Waals surface area contributed by atoms with Crippen LogP contribution in [0.1, 0.15) is 53.9 Å². The van der Waals surface area contributed by atoms with Gasteiger partial charge in [0.2, 0.25) is 5.91 Å². The van der Waals surface area contributed by atoms with Gasteiger partial charge in [0.05, 0.1) is 24.0 Å². The number of hydrogen-bond donors (Lipinski definition) is 2. The lowest BCUT2D eigenvalue weighted by atomic mass is 9.62. The van der Waals surface area contributed by atoms with E-state index in [1.807, 2.05) is 12.2 Å². The Balaban J connectivity index is 1.65. The van der Waals surface area contributed by atoms with Crippen LogP contribution in [-0.4, -0.2) is 29.6 Å². The number of esters is 1. The summed E-state index contributed by atoms with van der Waals surface area (Å²) in [5.74, 6) is -2.58. The minimum absolute atomic E-state index is 0.0678. The number of allylic oxidation sites excluding steroid dienone is 2. The van der Waals surface area contributed by atoms with Crippen LogP contribution in [0.4, 0.5) is 5.00 Å². The minimum Gasteiger partial charge on any atom is -0.481 e. The number of nitrogens with one attached hydrogen (secondary N) is 1. The van der Waals surface area contributed by atoms with Crippen LogP contribution < -0.4 is 5.32 Å². The molecule has 4 aliphatic carbocycles. The molecular formula is C22H27NO5S. The van der Waals surface area contributed by atoms with Crippen LogP contribution in [0.5, 0.6) is 0 Å². The van der Waals surface area contributed by atoms with Gasteiger partial charge in [-0.15, -0.1) is 11.3 Å². The molecule has 0 aliphatic heterocycles. The number of carbonyl (C=O) groups excluding carboxylic acids is 2. The molecule has 5 atom stereocenters. The van der Waals surface area contributed by atoms with E-state index in [0.717, 1.165) is 42.5 Å². The first-order valence-electron chi connectivity index (χ1n) is 10.4. The highest BCUT2D eigenvalue weighted by atomic mass is 32.1. The Kier molecular flexibility index (Phi) is 5.51. The van der Waals surface area contributed by atoms with Crippen LogP contribution in [0.3, 0.4) is 0 Å².